The lowest BCUT2D eigenvalue weighted by Crippen LogP contribution is -2.21. The van der Waals surface area contributed by atoms with Crippen molar-refractivity contribution in [3.8, 4) is 17.0 Å². The standard InChI is InChI=1S/C23H19FN4O3S/c24-16-8-6-14(7-9-16)20-21(28-10-11-32-23(28)27-20)26-19(29)13-31-18-3-1-2-17(12-18)25-22(30)15-4-5-15/h1-3,6-12,15H,4-5,13H2,(H,25,30)(H,26,29). The van der Waals surface area contributed by atoms with Gasteiger partial charge in [-0.05, 0) is 49.2 Å². The Morgan fingerprint density at radius 2 is 1.97 bits per heavy atom. The van der Waals surface area contributed by atoms with Crippen LogP contribution in [0, 0.1) is 11.7 Å². The molecule has 0 radical (unpaired) electrons. The van der Waals surface area contributed by atoms with Gasteiger partial charge in [0.1, 0.15) is 23.1 Å². The maximum absolute atomic E-state index is 13.3. The van der Waals surface area contributed by atoms with Gasteiger partial charge in [0.2, 0.25) is 5.91 Å². The van der Waals surface area contributed by atoms with E-state index in [1.165, 1.54) is 23.5 Å². The minimum atomic E-state index is -0.367. The molecule has 2 aromatic carbocycles. The van der Waals surface area contributed by atoms with Gasteiger partial charge in [0.25, 0.3) is 5.91 Å². The molecule has 32 heavy (non-hydrogen) atoms. The van der Waals surface area contributed by atoms with Crippen LogP contribution in [0.5, 0.6) is 5.75 Å². The summed E-state index contributed by atoms with van der Waals surface area (Å²) < 4.78 is 20.7. The van der Waals surface area contributed by atoms with E-state index in [4.69, 9.17) is 4.74 Å². The molecule has 0 saturated heterocycles. The van der Waals surface area contributed by atoms with Gasteiger partial charge >= 0.3 is 0 Å². The Balaban J connectivity index is 1.28. The minimum Gasteiger partial charge on any atom is -0.484 e. The number of fused-ring (bicyclic) bond motifs is 1. The van der Waals surface area contributed by atoms with Crippen LogP contribution in [0.15, 0.2) is 60.1 Å². The van der Waals surface area contributed by atoms with Crippen molar-refractivity contribution in [3.63, 3.8) is 0 Å². The van der Waals surface area contributed by atoms with E-state index >= 15 is 0 Å². The molecule has 1 fully saturated rings. The second-order valence-electron chi connectivity index (χ2n) is 7.50. The van der Waals surface area contributed by atoms with Crippen molar-refractivity contribution in [1.29, 1.82) is 0 Å². The number of imidazole rings is 1. The number of nitrogens with one attached hydrogen (secondary N) is 2. The first-order valence-corrected chi connectivity index (χ1v) is 11.0. The molecule has 0 unspecified atom stereocenters. The third kappa shape index (κ3) is 4.33. The van der Waals surface area contributed by atoms with Gasteiger partial charge in [0.15, 0.2) is 11.6 Å². The molecule has 2 heterocycles. The Kier molecular flexibility index (Phi) is 5.32. The van der Waals surface area contributed by atoms with E-state index in [9.17, 15) is 14.0 Å². The summed E-state index contributed by atoms with van der Waals surface area (Å²) >= 11 is 1.43. The van der Waals surface area contributed by atoms with Gasteiger partial charge in [-0.15, -0.1) is 11.3 Å². The molecule has 4 aromatic rings. The lowest BCUT2D eigenvalue weighted by atomic mass is 10.1. The van der Waals surface area contributed by atoms with Crippen LogP contribution >= 0.6 is 11.3 Å². The molecule has 7 nitrogen and oxygen atoms in total. The fourth-order valence-electron chi connectivity index (χ4n) is 3.28. The van der Waals surface area contributed by atoms with Crippen molar-refractivity contribution >= 4 is 39.6 Å². The van der Waals surface area contributed by atoms with Crippen LogP contribution in [-0.2, 0) is 9.59 Å². The van der Waals surface area contributed by atoms with Crippen LogP contribution in [0.4, 0.5) is 15.9 Å². The van der Waals surface area contributed by atoms with Crippen LogP contribution in [0.1, 0.15) is 12.8 Å². The predicted molar refractivity (Wildman–Crippen MR) is 120 cm³/mol. The van der Waals surface area contributed by atoms with Crippen molar-refractivity contribution in [1.82, 2.24) is 9.38 Å². The number of halogens is 1. The average molecular weight is 450 g/mol. The molecule has 1 aliphatic carbocycles. The van der Waals surface area contributed by atoms with Crippen molar-refractivity contribution < 1.29 is 18.7 Å². The summed E-state index contributed by atoms with van der Waals surface area (Å²) in [7, 11) is 0. The van der Waals surface area contributed by atoms with Crippen molar-refractivity contribution in [2.24, 2.45) is 5.92 Å². The molecule has 9 heteroatoms. The highest BCUT2D eigenvalue weighted by molar-refractivity contribution is 7.15. The van der Waals surface area contributed by atoms with Gasteiger partial charge in [-0.3, -0.25) is 14.0 Å². The predicted octanol–water partition coefficient (Wildman–Crippen LogP) is 4.57. The number of carbonyl (C=O) groups is 2. The smallest absolute Gasteiger partial charge is 0.263 e. The third-order valence-electron chi connectivity index (χ3n) is 5.06. The third-order valence-corrected chi connectivity index (χ3v) is 5.81. The number of thiazole rings is 1. The maximum Gasteiger partial charge on any atom is 0.263 e. The van der Waals surface area contributed by atoms with E-state index in [2.05, 4.69) is 15.6 Å². The fourth-order valence-corrected chi connectivity index (χ4v) is 4.00. The summed E-state index contributed by atoms with van der Waals surface area (Å²) in [6.45, 7) is -0.222. The van der Waals surface area contributed by atoms with Crippen LogP contribution in [0.25, 0.3) is 16.2 Å². The molecule has 5 rings (SSSR count). The van der Waals surface area contributed by atoms with Crippen LogP contribution < -0.4 is 15.4 Å². The molecule has 162 valence electrons. The van der Waals surface area contributed by atoms with Crippen LogP contribution in [0.2, 0.25) is 0 Å². The van der Waals surface area contributed by atoms with Gasteiger partial charge in [-0.25, -0.2) is 9.37 Å². The second-order valence-corrected chi connectivity index (χ2v) is 8.37. The van der Waals surface area contributed by atoms with Gasteiger partial charge in [-0.1, -0.05) is 6.07 Å². The lowest BCUT2D eigenvalue weighted by molar-refractivity contribution is -0.118. The molecule has 0 atom stereocenters. The van der Waals surface area contributed by atoms with Crippen LogP contribution in [-0.4, -0.2) is 27.8 Å². The largest absolute Gasteiger partial charge is 0.484 e. The van der Waals surface area contributed by atoms with Gasteiger partial charge in [-0.2, -0.15) is 0 Å². The summed E-state index contributed by atoms with van der Waals surface area (Å²) in [5, 5.41) is 7.58. The number of hydrogen-bond acceptors (Lipinski definition) is 5. The maximum atomic E-state index is 13.3. The number of amides is 2. The number of benzene rings is 2. The average Bonchev–Trinajstić information content (AvgIpc) is 3.46. The first kappa shape index (κ1) is 20.2. The van der Waals surface area contributed by atoms with E-state index in [1.807, 2.05) is 11.6 Å². The minimum absolute atomic E-state index is 0.00808. The van der Waals surface area contributed by atoms with E-state index < -0.39 is 0 Å². The Bertz CT molecular complexity index is 1290. The normalized spacial score (nSPS) is 13.2. The Labute approximate surface area is 186 Å². The summed E-state index contributed by atoms with van der Waals surface area (Å²) in [6, 6.07) is 12.9. The lowest BCUT2D eigenvalue weighted by Gasteiger charge is -2.10. The number of ether oxygens (including phenoxy) is 1. The topological polar surface area (TPSA) is 84.7 Å². The number of nitrogens with zero attached hydrogens (tertiary/aromatic N) is 2. The summed E-state index contributed by atoms with van der Waals surface area (Å²) in [5.74, 6) is 0.366. The zero-order chi connectivity index (χ0) is 22.1. The second kappa shape index (κ2) is 8.43. The number of anilines is 2. The van der Waals surface area contributed by atoms with E-state index in [-0.39, 0.29) is 30.2 Å². The SMILES string of the molecule is O=C(COc1cccc(NC(=O)C2CC2)c1)Nc1c(-c2ccc(F)cc2)nc2sccn12. The van der Waals surface area contributed by atoms with E-state index in [1.54, 1.807) is 40.8 Å². The zero-order valence-corrected chi connectivity index (χ0v) is 17.7. The zero-order valence-electron chi connectivity index (χ0n) is 16.9. The molecule has 2 amide bonds. The van der Waals surface area contributed by atoms with E-state index in [0.29, 0.717) is 33.5 Å². The first-order valence-electron chi connectivity index (χ1n) is 10.1. The summed E-state index contributed by atoms with van der Waals surface area (Å²) in [6.07, 6.45) is 3.66. The fraction of sp³-hybridized carbons (Fsp3) is 0.174. The highest BCUT2D eigenvalue weighted by Crippen LogP contribution is 2.32. The molecule has 2 aromatic heterocycles. The van der Waals surface area contributed by atoms with Gasteiger partial charge in [0.05, 0.1) is 0 Å². The molecule has 0 bridgehead atoms. The molecular weight excluding hydrogens is 431 g/mol. The molecule has 0 aliphatic heterocycles. The highest BCUT2D eigenvalue weighted by atomic mass is 32.1. The van der Waals surface area contributed by atoms with Gasteiger partial charge in [0, 0.05) is 34.8 Å². The summed E-state index contributed by atoms with van der Waals surface area (Å²) in [5.41, 5.74) is 1.88. The highest BCUT2D eigenvalue weighted by Gasteiger charge is 2.29. The van der Waals surface area contributed by atoms with Gasteiger partial charge < -0.3 is 15.4 Å². The molecular formula is C23H19FN4O3S. The molecule has 1 aliphatic rings. The Hall–Kier alpha value is -3.72. The monoisotopic (exact) mass is 450 g/mol. The quantitative estimate of drug-likeness (QED) is 0.432. The van der Waals surface area contributed by atoms with E-state index in [0.717, 1.165) is 12.8 Å². The number of carbonyl (C=O) groups excluding carboxylic acids is 2. The Morgan fingerprint density at radius 1 is 1.16 bits per heavy atom. The molecule has 1 saturated carbocycles. The number of aromatic nitrogens is 2. The van der Waals surface area contributed by atoms with Crippen molar-refractivity contribution in [2.75, 3.05) is 17.2 Å². The number of hydrogen-bond donors (Lipinski definition) is 2. The number of rotatable bonds is 7. The van der Waals surface area contributed by atoms with Crippen LogP contribution in [0.3, 0.4) is 0 Å². The van der Waals surface area contributed by atoms with Crippen molar-refractivity contribution in [3.05, 3.63) is 65.9 Å². The molecule has 2 N–H and O–H groups in total. The summed E-state index contributed by atoms with van der Waals surface area (Å²) in [4.78, 5) is 29.9. The molecule has 0 spiro atoms. The van der Waals surface area contributed by atoms with Crippen molar-refractivity contribution in [2.45, 2.75) is 12.8 Å². The Morgan fingerprint density at radius 3 is 2.75 bits per heavy atom. The first-order chi connectivity index (χ1) is 15.6.